The Bertz CT molecular complexity index is 185. The van der Waals surface area contributed by atoms with Gasteiger partial charge in [0.2, 0.25) is 6.29 Å². The summed E-state index contributed by atoms with van der Waals surface area (Å²) in [7, 11) is 0. The Hall–Kier alpha value is -0.760. The summed E-state index contributed by atoms with van der Waals surface area (Å²) in [6.45, 7) is 3.02. The minimum absolute atomic E-state index is 0.161. The van der Waals surface area contributed by atoms with E-state index in [0.717, 1.165) is 13.0 Å². The Morgan fingerprint density at radius 3 is 2.71 bits per heavy atom. The normalized spacial score (nSPS) is 19.6. The van der Waals surface area contributed by atoms with Gasteiger partial charge in [-0.25, -0.2) is 0 Å². The maximum atomic E-state index is 5.50. The highest BCUT2D eigenvalue weighted by Crippen LogP contribution is 2.07. The Labute approximate surface area is 86.6 Å². The van der Waals surface area contributed by atoms with E-state index in [2.05, 4.69) is 6.92 Å². The zero-order chi connectivity index (χ0) is 10.1. The standard InChI is InChI=1S/C12H20O2/c1-2-3-4-5-7-10-13-12-9-6-8-11-14-12/h6,8-9,11-12H,2-5,7,10H2,1H3. The lowest BCUT2D eigenvalue weighted by atomic mass is 10.2. The van der Waals surface area contributed by atoms with Crippen LogP contribution in [0.25, 0.3) is 0 Å². The van der Waals surface area contributed by atoms with E-state index in [9.17, 15) is 0 Å². The first-order chi connectivity index (χ1) is 6.93. The Kier molecular flexibility index (Phi) is 6.16. The molecular weight excluding hydrogens is 176 g/mol. The molecule has 2 nitrogen and oxygen atoms in total. The van der Waals surface area contributed by atoms with Crippen molar-refractivity contribution in [1.82, 2.24) is 0 Å². The highest BCUT2D eigenvalue weighted by Gasteiger charge is 2.04. The van der Waals surface area contributed by atoms with Gasteiger partial charge in [-0.15, -0.1) is 0 Å². The number of hydrogen-bond acceptors (Lipinski definition) is 2. The van der Waals surface area contributed by atoms with Crippen LogP contribution >= 0.6 is 0 Å². The van der Waals surface area contributed by atoms with Crippen LogP contribution in [-0.2, 0) is 9.47 Å². The molecule has 0 bridgehead atoms. The first kappa shape index (κ1) is 11.3. The minimum atomic E-state index is -0.161. The fourth-order valence-electron chi connectivity index (χ4n) is 1.37. The summed E-state index contributed by atoms with van der Waals surface area (Å²) in [6.07, 6.45) is 13.6. The van der Waals surface area contributed by atoms with Gasteiger partial charge in [0.05, 0.1) is 12.9 Å². The zero-order valence-corrected chi connectivity index (χ0v) is 8.95. The maximum absolute atomic E-state index is 5.50. The molecule has 0 aromatic heterocycles. The second-order valence-corrected chi connectivity index (χ2v) is 3.50. The summed E-state index contributed by atoms with van der Waals surface area (Å²) in [6, 6.07) is 0. The van der Waals surface area contributed by atoms with Gasteiger partial charge in [-0.05, 0) is 18.6 Å². The Morgan fingerprint density at radius 2 is 2.00 bits per heavy atom. The van der Waals surface area contributed by atoms with Gasteiger partial charge in [0.1, 0.15) is 0 Å². The average molecular weight is 196 g/mol. The zero-order valence-electron chi connectivity index (χ0n) is 8.95. The van der Waals surface area contributed by atoms with Crippen LogP contribution in [0.2, 0.25) is 0 Å². The summed E-state index contributed by atoms with van der Waals surface area (Å²) in [5.74, 6) is 0. The molecule has 1 atom stereocenters. The van der Waals surface area contributed by atoms with Crippen LogP contribution in [0.3, 0.4) is 0 Å². The number of ether oxygens (including phenoxy) is 2. The molecular formula is C12H20O2. The maximum Gasteiger partial charge on any atom is 0.219 e. The van der Waals surface area contributed by atoms with E-state index in [0.29, 0.717) is 0 Å². The fourth-order valence-corrected chi connectivity index (χ4v) is 1.37. The predicted octanol–water partition coefficient (Wildman–Crippen LogP) is 3.40. The first-order valence-electron chi connectivity index (χ1n) is 5.54. The van der Waals surface area contributed by atoms with Crippen molar-refractivity contribution in [2.24, 2.45) is 0 Å². The van der Waals surface area contributed by atoms with E-state index in [1.807, 2.05) is 18.2 Å². The Balaban J connectivity index is 1.88. The van der Waals surface area contributed by atoms with Crippen LogP contribution in [0.15, 0.2) is 24.5 Å². The molecule has 0 amide bonds. The lowest BCUT2D eigenvalue weighted by Gasteiger charge is -2.15. The summed E-state index contributed by atoms with van der Waals surface area (Å²) in [5.41, 5.74) is 0. The molecule has 0 aliphatic carbocycles. The molecule has 0 saturated carbocycles. The Morgan fingerprint density at radius 1 is 1.14 bits per heavy atom. The third-order valence-electron chi connectivity index (χ3n) is 2.20. The van der Waals surface area contributed by atoms with E-state index in [-0.39, 0.29) is 6.29 Å². The molecule has 1 heterocycles. The van der Waals surface area contributed by atoms with Gasteiger partial charge in [0, 0.05) is 0 Å². The van der Waals surface area contributed by atoms with Gasteiger partial charge < -0.3 is 9.47 Å². The molecule has 1 aliphatic rings. The fraction of sp³-hybridized carbons (Fsp3) is 0.667. The molecule has 14 heavy (non-hydrogen) atoms. The first-order valence-corrected chi connectivity index (χ1v) is 5.54. The minimum Gasteiger partial charge on any atom is -0.469 e. The van der Waals surface area contributed by atoms with Crippen molar-refractivity contribution in [2.45, 2.75) is 45.3 Å². The molecule has 80 valence electrons. The van der Waals surface area contributed by atoms with Crippen LogP contribution < -0.4 is 0 Å². The van der Waals surface area contributed by atoms with Crippen molar-refractivity contribution >= 4 is 0 Å². The highest BCUT2D eigenvalue weighted by atomic mass is 16.7. The molecule has 0 spiro atoms. The number of hydrogen-bond donors (Lipinski definition) is 0. The van der Waals surface area contributed by atoms with Gasteiger partial charge in [-0.3, -0.25) is 0 Å². The van der Waals surface area contributed by atoms with Gasteiger partial charge >= 0.3 is 0 Å². The van der Waals surface area contributed by atoms with Crippen molar-refractivity contribution in [3.05, 3.63) is 24.5 Å². The molecule has 0 aromatic rings. The molecule has 1 rings (SSSR count). The molecule has 1 unspecified atom stereocenters. The van der Waals surface area contributed by atoms with Gasteiger partial charge in [-0.1, -0.05) is 38.7 Å². The highest BCUT2D eigenvalue weighted by molar-refractivity contribution is 5.05. The topological polar surface area (TPSA) is 18.5 Å². The van der Waals surface area contributed by atoms with E-state index >= 15 is 0 Å². The molecule has 2 heteroatoms. The summed E-state index contributed by atoms with van der Waals surface area (Å²) in [5, 5.41) is 0. The molecule has 1 aliphatic heterocycles. The van der Waals surface area contributed by atoms with E-state index in [1.54, 1.807) is 6.26 Å². The van der Waals surface area contributed by atoms with Crippen LogP contribution in [0.4, 0.5) is 0 Å². The second-order valence-electron chi connectivity index (χ2n) is 3.50. The number of allylic oxidation sites excluding steroid dienone is 2. The second kappa shape index (κ2) is 7.63. The van der Waals surface area contributed by atoms with Crippen LogP contribution in [0, 0.1) is 0 Å². The summed E-state index contributed by atoms with van der Waals surface area (Å²) < 4.78 is 10.7. The van der Waals surface area contributed by atoms with Gasteiger partial charge in [0.15, 0.2) is 0 Å². The smallest absolute Gasteiger partial charge is 0.219 e. The molecule has 0 saturated heterocycles. The molecule has 0 aromatic carbocycles. The van der Waals surface area contributed by atoms with Gasteiger partial charge in [-0.2, -0.15) is 0 Å². The molecule has 0 radical (unpaired) electrons. The number of rotatable bonds is 7. The quantitative estimate of drug-likeness (QED) is 0.581. The monoisotopic (exact) mass is 196 g/mol. The van der Waals surface area contributed by atoms with E-state index in [1.165, 1.54) is 25.7 Å². The van der Waals surface area contributed by atoms with Gasteiger partial charge in [0.25, 0.3) is 0 Å². The predicted molar refractivity (Wildman–Crippen MR) is 57.9 cm³/mol. The lowest BCUT2D eigenvalue weighted by molar-refractivity contribution is -0.0750. The lowest BCUT2D eigenvalue weighted by Crippen LogP contribution is -2.13. The van der Waals surface area contributed by atoms with Crippen molar-refractivity contribution in [1.29, 1.82) is 0 Å². The van der Waals surface area contributed by atoms with Crippen LogP contribution in [0.5, 0.6) is 0 Å². The van der Waals surface area contributed by atoms with Crippen molar-refractivity contribution in [3.63, 3.8) is 0 Å². The summed E-state index contributed by atoms with van der Waals surface area (Å²) >= 11 is 0. The van der Waals surface area contributed by atoms with Crippen molar-refractivity contribution in [2.75, 3.05) is 6.61 Å². The third-order valence-corrected chi connectivity index (χ3v) is 2.20. The largest absolute Gasteiger partial charge is 0.469 e. The molecule has 0 N–H and O–H groups in total. The average Bonchev–Trinajstić information content (AvgIpc) is 2.25. The molecule has 0 fully saturated rings. The SMILES string of the molecule is CCCCCCCOC1C=CC=CO1. The van der Waals surface area contributed by atoms with E-state index in [4.69, 9.17) is 9.47 Å². The van der Waals surface area contributed by atoms with Crippen molar-refractivity contribution < 1.29 is 9.47 Å². The van der Waals surface area contributed by atoms with Crippen LogP contribution in [0.1, 0.15) is 39.0 Å². The third kappa shape index (κ3) is 5.07. The van der Waals surface area contributed by atoms with Crippen molar-refractivity contribution in [3.8, 4) is 0 Å². The summed E-state index contributed by atoms with van der Waals surface area (Å²) in [4.78, 5) is 0. The van der Waals surface area contributed by atoms with E-state index < -0.39 is 0 Å². The van der Waals surface area contributed by atoms with Crippen LogP contribution in [-0.4, -0.2) is 12.9 Å². The number of unbranched alkanes of at least 4 members (excludes halogenated alkanes) is 4.